The maximum Gasteiger partial charge on any atom is 0.314 e. The molecule has 6 heteroatoms. The number of rotatable bonds is 5. The summed E-state index contributed by atoms with van der Waals surface area (Å²) in [6.07, 6.45) is 0.520. The van der Waals surface area contributed by atoms with Crippen molar-refractivity contribution in [2.45, 2.75) is 19.4 Å². The molecule has 88 valence electrons. The van der Waals surface area contributed by atoms with Gasteiger partial charge < -0.3 is 16.2 Å². The number of nitrogens with one attached hydrogen (secondary N) is 1. The van der Waals surface area contributed by atoms with Crippen molar-refractivity contribution in [1.29, 1.82) is 0 Å². The van der Waals surface area contributed by atoms with Crippen molar-refractivity contribution in [1.82, 2.24) is 0 Å². The Kier molecular flexibility index (Phi) is 4.07. The predicted molar refractivity (Wildman–Crippen MR) is 62.3 cm³/mol. The van der Waals surface area contributed by atoms with Gasteiger partial charge in [-0.15, -0.1) is 0 Å². The average molecular weight is 225 g/mol. The molecule has 0 bridgehead atoms. The fourth-order valence-electron chi connectivity index (χ4n) is 1.41. The lowest BCUT2D eigenvalue weighted by molar-refractivity contribution is -0.383. The summed E-state index contributed by atoms with van der Waals surface area (Å²) in [7, 11) is 0. The minimum atomic E-state index is -0.511. The third-order valence-electron chi connectivity index (χ3n) is 2.21. The van der Waals surface area contributed by atoms with Crippen molar-refractivity contribution >= 4 is 17.1 Å². The molecule has 0 aromatic heterocycles. The van der Waals surface area contributed by atoms with Crippen LogP contribution in [-0.4, -0.2) is 22.7 Å². The van der Waals surface area contributed by atoms with Gasteiger partial charge in [0.1, 0.15) is 11.4 Å². The van der Waals surface area contributed by atoms with Gasteiger partial charge in [-0.25, -0.2) is 0 Å². The molecule has 16 heavy (non-hydrogen) atoms. The first-order valence-corrected chi connectivity index (χ1v) is 4.96. The molecule has 1 aromatic carbocycles. The summed E-state index contributed by atoms with van der Waals surface area (Å²) in [5.41, 5.74) is 5.93. The Morgan fingerprint density at radius 1 is 1.62 bits per heavy atom. The van der Waals surface area contributed by atoms with Crippen molar-refractivity contribution in [3.63, 3.8) is 0 Å². The standard InChI is InChI=1S/C10H15N3O3/c1-7(5-6-14)12-9-4-2-3-8(11)10(9)13(15)16/h2-4,7,12,14H,5-6,11H2,1H3. The second-order valence-corrected chi connectivity index (χ2v) is 3.56. The number of nitro benzene ring substituents is 1. The summed E-state index contributed by atoms with van der Waals surface area (Å²) >= 11 is 0. The zero-order valence-corrected chi connectivity index (χ0v) is 9.01. The number of benzene rings is 1. The van der Waals surface area contributed by atoms with Gasteiger partial charge in [0.25, 0.3) is 0 Å². The van der Waals surface area contributed by atoms with Gasteiger partial charge in [0, 0.05) is 12.6 Å². The normalized spacial score (nSPS) is 12.1. The zero-order chi connectivity index (χ0) is 12.1. The summed E-state index contributed by atoms with van der Waals surface area (Å²) in [6.45, 7) is 1.87. The molecule has 0 aliphatic carbocycles. The van der Waals surface area contributed by atoms with Gasteiger partial charge in [0.15, 0.2) is 0 Å². The summed E-state index contributed by atoms with van der Waals surface area (Å²) in [5.74, 6) is 0. The van der Waals surface area contributed by atoms with Crippen LogP contribution in [0.2, 0.25) is 0 Å². The molecular formula is C10H15N3O3. The van der Waals surface area contributed by atoms with Crippen LogP contribution in [0, 0.1) is 10.1 Å². The summed E-state index contributed by atoms with van der Waals surface area (Å²) in [4.78, 5) is 10.3. The lowest BCUT2D eigenvalue weighted by atomic mass is 10.2. The van der Waals surface area contributed by atoms with Crippen molar-refractivity contribution in [3.8, 4) is 0 Å². The largest absolute Gasteiger partial charge is 0.396 e. The number of aliphatic hydroxyl groups excluding tert-OH is 1. The number of nitrogens with two attached hydrogens (primary N) is 1. The average Bonchev–Trinajstić information content (AvgIpc) is 2.17. The molecule has 1 rings (SSSR count). The SMILES string of the molecule is CC(CCO)Nc1cccc(N)c1[N+](=O)[O-]. The lowest BCUT2D eigenvalue weighted by Crippen LogP contribution is -2.17. The van der Waals surface area contributed by atoms with E-state index in [1.807, 2.05) is 6.92 Å². The number of nitrogen functional groups attached to an aromatic ring is 1. The van der Waals surface area contributed by atoms with Crippen LogP contribution in [0.1, 0.15) is 13.3 Å². The van der Waals surface area contributed by atoms with E-state index in [2.05, 4.69) is 5.32 Å². The van der Waals surface area contributed by atoms with Crippen molar-refractivity contribution in [2.75, 3.05) is 17.7 Å². The third-order valence-corrected chi connectivity index (χ3v) is 2.21. The Balaban J connectivity index is 2.95. The molecule has 6 nitrogen and oxygen atoms in total. The maximum atomic E-state index is 10.8. The van der Waals surface area contributed by atoms with E-state index in [9.17, 15) is 10.1 Å². The number of nitrogens with zero attached hydrogens (tertiary/aromatic N) is 1. The fourth-order valence-corrected chi connectivity index (χ4v) is 1.41. The first kappa shape index (κ1) is 12.3. The Labute approximate surface area is 93.2 Å². The monoisotopic (exact) mass is 225 g/mol. The third kappa shape index (κ3) is 2.83. The molecule has 0 heterocycles. The van der Waals surface area contributed by atoms with Crippen molar-refractivity contribution in [3.05, 3.63) is 28.3 Å². The Bertz CT molecular complexity index is 382. The van der Waals surface area contributed by atoms with Gasteiger partial charge in [0.2, 0.25) is 0 Å². The van der Waals surface area contributed by atoms with Crippen LogP contribution in [0.3, 0.4) is 0 Å². The summed E-state index contributed by atoms with van der Waals surface area (Å²) in [6, 6.07) is 4.68. The van der Waals surface area contributed by atoms with E-state index in [4.69, 9.17) is 10.8 Å². The van der Waals surface area contributed by atoms with E-state index in [1.54, 1.807) is 12.1 Å². The van der Waals surface area contributed by atoms with E-state index < -0.39 is 4.92 Å². The summed E-state index contributed by atoms with van der Waals surface area (Å²) < 4.78 is 0. The van der Waals surface area contributed by atoms with Crippen LogP contribution in [0.4, 0.5) is 17.1 Å². The molecule has 0 aliphatic rings. The first-order chi connectivity index (χ1) is 7.56. The number of nitro groups is 1. The molecule has 1 unspecified atom stereocenters. The van der Waals surface area contributed by atoms with Gasteiger partial charge in [-0.3, -0.25) is 10.1 Å². The zero-order valence-electron chi connectivity index (χ0n) is 9.01. The highest BCUT2D eigenvalue weighted by molar-refractivity contribution is 5.74. The highest BCUT2D eigenvalue weighted by atomic mass is 16.6. The fraction of sp³-hybridized carbons (Fsp3) is 0.400. The van der Waals surface area contributed by atoms with Crippen molar-refractivity contribution in [2.24, 2.45) is 0 Å². The number of anilines is 2. The molecular weight excluding hydrogens is 210 g/mol. The van der Waals surface area contributed by atoms with Crippen molar-refractivity contribution < 1.29 is 10.0 Å². The molecule has 0 aliphatic heterocycles. The molecule has 0 saturated carbocycles. The number of hydrogen-bond donors (Lipinski definition) is 3. The van der Waals surface area contributed by atoms with Gasteiger partial charge in [-0.2, -0.15) is 0 Å². The van der Waals surface area contributed by atoms with Gasteiger partial charge in [0.05, 0.1) is 4.92 Å². The summed E-state index contributed by atoms with van der Waals surface area (Å²) in [5, 5.41) is 22.5. The topological polar surface area (TPSA) is 101 Å². The molecule has 1 atom stereocenters. The molecule has 0 radical (unpaired) electrons. The second kappa shape index (κ2) is 5.32. The highest BCUT2D eigenvalue weighted by Gasteiger charge is 2.18. The first-order valence-electron chi connectivity index (χ1n) is 4.96. The predicted octanol–water partition coefficient (Wildman–Crippen LogP) is 1.36. The minimum Gasteiger partial charge on any atom is -0.396 e. The van der Waals surface area contributed by atoms with Gasteiger partial charge in [-0.05, 0) is 25.5 Å². The molecule has 4 N–H and O–H groups in total. The lowest BCUT2D eigenvalue weighted by Gasteiger charge is -2.14. The van der Waals surface area contributed by atoms with Crippen LogP contribution < -0.4 is 11.1 Å². The van der Waals surface area contributed by atoms with Crippen LogP contribution in [0.5, 0.6) is 0 Å². The van der Waals surface area contributed by atoms with E-state index >= 15 is 0 Å². The van der Waals surface area contributed by atoms with E-state index in [0.717, 1.165) is 0 Å². The van der Waals surface area contributed by atoms with Gasteiger partial charge in [-0.1, -0.05) is 6.07 Å². The Morgan fingerprint density at radius 2 is 2.31 bits per heavy atom. The van der Waals surface area contributed by atoms with E-state index in [1.165, 1.54) is 6.07 Å². The Morgan fingerprint density at radius 3 is 2.88 bits per heavy atom. The Hall–Kier alpha value is -1.82. The van der Waals surface area contributed by atoms with Crippen LogP contribution in [0.15, 0.2) is 18.2 Å². The molecule has 0 spiro atoms. The number of aliphatic hydroxyl groups is 1. The molecule has 0 saturated heterocycles. The van der Waals surface area contributed by atoms with E-state index in [0.29, 0.717) is 12.1 Å². The molecule has 0 fully saturated rings. The molecule has 1 aromatic rings. The smallest absolute Gasteiger partial charge is 0.314 e. The maximum absolute atomic E-state index is 10.8. The van der Waals surface area contributed by atoms with E-state index in [-0.39, 0.29) is 24.0 Å². The molecule has 0 amide bonds. The number of hydrogen-bond acceptors (Lipinski definition) is 5. The number of para-hydroxylation sites is 1. The van der Waals surface area contributed by atoms with Crippen LogP contribution in [0.25, 0.3) is 0 Å². The van der Waals surface area contributed by atoms with Gasteiger partial charge >= 0.3 is 5.69 Å². The minimum absolute atomic E-state index is 0.0320. The quantitative estimate of drug-likeness (QED) is 0.399. The highest BCUT2D eigenvalue weighted by Crippen LogP contribution is 2.30. The van der Waals surface area contributed by atoms with Crippen LogP contribution in [-0.2, 0) is 0 Å². The van der Waals surface area contributed by atoms with Crippen LogP contribution >= 0.6 is 0 Å². The second-order valence-electron chi connectivity index (χ2n) is 3.56.